The molecule has 1 aliphatic heterocycles. The zero-order valence-electron chi connectivity index (χ0n) is 28.8. The molecule has 1 saturated heterocycles. The third-order valence-electron chi connectivity index (χ3n) is 9.55. The van der Waals surface area contributed by atoms with Crippen LogP contribution in [0.2, 0.25) is 0 Å². The molecule has 0 spiro atoms. The van der Waals surface area contributed by atoms with Crippen LogP contribution in [0.5, 0.6) is 0 Å². The van der Waals surface area contributed by atoms with Crippen LogP contribution >= 0.6 is 0 Å². The highest BCUT2D eigenvalue weighted by atomic mass is 19.1. The summed E-state index contributed by atoms with van der Waals surface area (Å²) in [6, 6.07) is 18.6. The van der Waals surface area contributed by atoms with Gasteiger partial charge in [0.15, 0.2) is 0 Å². The van der Waals surface area contributed by atoms with Gasteiger partial charge >= 0.3 is 0 Å². The minimum absolute atomic E-state index is 0.0384. The van der Waals surface area contributed by atoms with Crippen LogP contribution in [0.15, 0.2) is 65.7 Å². The Hall–Kier alpha value is -5.08. The Bertz CT molecular complexity index is 1740. The highest BCUT2D eigenvalue weighted by Gasteiger charge is 2.44. The van der Waals surface area contributed by atoms with Gasteiger partial charge in [-0.2, -0.15) is 5.26 Å². The van der Waals surface area contributed by atoms with Crippen LogP contribution in [-0.2, 0) is 23.1 Å². The molecular formula is C38H44FN7O3. The lowest BCUT2D eigenvalue weighted by atomic mass is 9.67. The molecule has 5 rings (SSSR count). The number of nitrogens with zero attached hydrogens (tertiary/aromatic N) is 5. The van der Waals surface area contributed by atoms with E-state index in [9.17, 15) is 24.0 Å². The number of likely N-dealkylation sites (tertiary alicyclic amines) is 1. The van der Waals surface area contributed by atoms with Crippen LogP contribution in [0, 0.1) is 17.1 Å². The van der Waals surface area contributed by atoms with E-state index >= 15 is 0 Å². The monoisotopic (exact) mass is 665 g/mol. The van der Waals surface area contributed by atoms with E-state index in [-0.39, 0.29) is 36.1 Å². The molecule has 3 amide bonds. The number of nitriles is 1. The number of nitrogens with one attached hydrogen (secondary N) is 1. The van der Waals surface area contributed by atoms with Gasteiger partial charge in [-0.1, -0.05) is 12.1 Å². The van der Waals surface area contributed by atoms with Crippen LogP contribution in [-0.4, -0.2) is 91.6 Å². The van der Waals surface area contributed by atoms with Crippen molar-refractivity contribution in [1.29, 1.82) is 5.26 Å². The van der Waals surface area contributed by atoms with E-state index in [4.69, 9.17) is 10.7 Å². The molecule has 3 aromatic carbocycles. The van der Waals surface area contributed by atoms with Gasteiger partial charge in [-0.15, -0.1) is 0 Å². The van der Waals surface area contributed by atoms with Gasteiger partial charge in [-0.25, -0.2) is 9.38 Å². The number of amidine groups is 1. The maximum absolute atomic E-state index is 13.9. The zero-order chi connectivity index (χ0) is 35.5. The summed E-state index contributed by atoms with van der Waals surface area (Å²) in [4.78, 5) is 49.0. The molecule has 3 aromatic rings. The Labute approximate surface area is 287 Å². The summed E-state index contributed by atoms with van der Waals surface area (Å²) in [7, 11) is 6.83. The van der Waals surface area contributed by atoms with Crippen molar-refractivity contribution in [3.63, 3.8) is 0 Å². The first-order chi connectivity index (χ1) is 23.3. The number of halogens is 1. The average molecular weight is 666 g/mol. The van der Waals surface area contributed by atoms with E-state index in [0.29, 0.717) is 49.0 Å². The number of carbonyl (C=O) groups excluding carboxylic acids is 3. The van der Waals surface area contributed by atoms with Gasteiger partial charge in [-0.05, 0) is 110 Å². The largest absolute Gasteiger partial charge is 0.386 e. The Morgan fingerprint density at radius 1 is 0.980 bits per heavy atom. The van der Waals surface area contributed by atoms with Gasteiger partial charge in [-0.3, -0.25) is 14.4 Å². The van der Waals surface area contributed by atoms with E-state index < -0.39 is 17.3 Å². The molecule has 0 saturated carbocycles. The second kappa shape index (κ2) is 14.6. The van der Waals surface area contributed by atoms with Crippen molar-refractivity contribution in [2.45, 2.75) is 56.5 Å². The predicted octanol–water partition coefficient (Wildman–Crippen LogP) is 4.19. The fourth-order valence-electron chi connectivity index (χ4n) is 7.08. The van der Waals surface area contributed by atoms with Gasteiger partial charge in [0, 0.05) is 51.9 Å². The van der Waals surface area contributed by atoms with Crippen molar-refractivity contribution in [3.8, 4) is 6.07 Å². The Morgan fingerprint density at radius 2 is 1.53 bits per heavy atom. The summed E-state index contributed by atoms with van der Waals surface area (Å²) in [6.07, 6.45) is 2.98. The number of fused-ring (bicyclic) bond motifs is 2. The predicted molar refractivity (Wildman–Crippen MR) is 187 cm³/mol. The number of benzene rings is 3. The van der Waals surface area contributed by atoms with Gasteiger partial charge in [0.25, 0.3) is 11.8 Å². The fourth-order valence-corrected chi connectivity index (χ4v) is 7.08. The first-order valence-electron chi connectivity index (χ1n) is 16.6. The number of amides is 3. The lowest BCUT2D eigenvalue weighted by Crippen LogP contribution is -2.49. The topological polar surface area (TPSA) is 135 Å². The average Bonchev–Trinajstić information content (AvgIpc) is 3.53. The van der Waals surface area contributed by atoms with Crippen molar-refractivity contribution in [1.82, 2.24) is 20.0 Å². The van der Waals surface area contributed by atoms with E-state index in [1.54, 1.807) is 57.4 Å². The number of aliphatic imine (C=N–C) groups is 1. The van der Waals surface area contributed by atoms with Crippen LogP contribution in [0.4, 0.5) is 10.1 Å². The Morgan fingerprint density at radius 3 is 2.04 bits per heavy atom. The normalized spacial score (nSPS) is 17.3. The van der Waals surface area contributed by atoms with Crippen molar-refractivity contribution in [2.75, 3.05) is 41.3 Å². The molecule has 256 valence electrons. The second-order valence-corrected chi connectivity index (χ2v) is 13.4. The molecule has 11 heteroatoms. The highest BCUT2D eigenvalue weighted by molar-refractivity contribution is 6.00. The smallest absolute Gasteiger partial charge is 0.253 e. The van der Waals surface area contributed by atoms with Gasteiger partial charge < -0.3 is 25.8 Å². The molecular weight excluding hydrogens is 621 g/mol. The van der Waals surface area contributed by atoms with Crippen LogP contribution in [0.1, 0.15) is 69.2 Å². The molecule has 2 aliphatic rings. The van der Waals surface area contributed by atoms with E-state index in [1.165, 1.54) is 21.9 Å². The Balaban J connectivity index is 1.68. The van der Waals surface area contributed by atoms with E-state index in [1.807, 2.05) is 31.2 Å². The maximum atomic E-state index is 13.9. The summed E-state index contributed by atoms with van der Waals surface area (Å²) in [6.45, 7) is 2.57. The van der Waals surface area contributed by atoms with Crippen molar-refractivity contribution < 1.29 is 18.8 Å². The molecule has 1 aliphatic carbocycles. The minimum atomic E-state index is -1.08. The fraction of sp³-hybridized carbons (Fsp3) is 0.395. The molecule has 0 aromatic heterocycles. The van der Waals surface area contributed by atoms with Gasteiger partial charge in [0.1, 0.15) is 17.7 Å². The molecule has 0 radical (unpaired) electrons. The SMILES string of the molecule is C[C@H](CC1(C(N)=Nc2ccc(F)cc2)c2ccc(C(=O)N(C)C)cc2CCc2cc(C(=O)N(C)C)ccc21)NCC(=O)N1CCCC1C#N. The van der Waals surface area contributed by atoms with Gasteiger partial charge in [0.2, 0.25) is 5.91 Å². The number of carbonyl (C=O) groups is 3. The maximum Gasteiger partial charge on any atom is 0.253 e. The third-order valence-corrected chi connectivity index (χ3v) is 9.55. The second-order valence-electron chi connectivity index (χ2n) is 13.4. The molecule has 1 fully saturated rings. The minimum Gasteiger partial charge on any atom is -0.386 e. The van der Waals surface area contributed by atoms with Crippen LogP contribution in [0.25, 0.3) is 0 Å². The zero-order valence-corrected chi connectivity index (χ0v) is 28.8. The standard InChI is InChI=1S/C38H44FN7O3/c1-24(42-23-34(47)46-18-6-7-31(46)22-40)21-38(37(41)43-30-14-12-29(39)13-15-30)32-16-10-27(35(48)44(2)3)19-25(32)8-9-26-20-28(11-17-33(26)38)36(49)45(4)5/h10-17,19-20,24,31,42H,6-9,18,21,23H2,1-5H3,(H2,41,43)/t24-,31?/m1/s1. The number of nitrogens with two attached hydrogens (primary N) is 1. The molecule has 49 heavy (non-hydrogen) atoms. The third kappa shape index (κ3) is 7.20. The highest BCUT2D eigenvalue weighted by Crippen LogP contribution is 2.45. The summed E-state index contributed by atoms with van der Waals surface area (Å²) in [5.74, 6) is -0.543. The molecule has 1 unspecified atom stereocenters. The number of hydrogen-bond acceptors (Lipinski definition) is 6. The molecule has 3 N–H and O–H groups in total. The summed E-state index contributed by atoms with van der Waals surface area (Å²) >= 11 is 0. The summed E-state index contributed by atoms with van der Waals surface area (Å²) in [5, 5.41) is 12.9. The van der Waals surface area contributed by atoms with E-state index in [2.05, 4.69) is 11.4 Å². The molecule has 0 bridgehead atoms. The first-order valence-corrected chi connectivity index (χ1v) is 16.6. The molecule has 1 heterocycles. The van der Waals surface area contributed by atoms with Crippen molar-refractivity contribution >= 4 is 29.2 Å². The van der Waals surface area contributed by atoms with Crippen molar-refractivity contribution in [3.05, 3.63) is 99.9 Å². The first kappa shape index (κ1) is 35.2. The lowest BCUT2D eigenvalue weighted by Gasteiger charge is -2.38. The van der Waals surface area contributed by atoms with E-state index in [0.717, 1.165) is 28.7 Å². The van der Waals surface area contributed by atoms with Crippen LogP contribution in [0.3, 0.4) is 0 Å². The van der Waals surface area contributed by atoms with Gasteiger partial charge in [0.05, 0.1) is 23.7 Å². The summed E-state index contributed by atoms with van der Waals surface area (Å²) in [5.41, 5.74) is 11.2. The quantitative estimate of drug-likeness (QED) is 0.260. The number of rotatable bonds is 9. The number of hydrogen-bond donors (Lipinski definition) is 2. The molecule has 10 nitrogen and oxygen atoms in total. The molecule has 2 atom stereocenters. The lowest BCUT2D eigenvalue weighted by molar-refractivity contribution is -0.130. The number of aryl methyl sites for hydroxylation is 2. The van der Waals surface area contributed by atoms with Crippen molar-refractivity contribution in [2.24, 2.45) is 10.7 Å². The van der Waals surface area contributed by atoms with Crippen LogP contribution < -0.4 is 11.1 Å². The summed E-state index contributed by atoms with van der Waals surface area (Å²) < 4.78 is 13.9. The Kier molecular flexibility index (Phi) is 10.5.